The first-order valence-electron chi connectivity index (χ1n) is 8.77. The summed E-state index contributed by atoms with van der Waals surface area (Å²) in [6.45, 7) is 0. The molecule has 0 fully saturated rings. The molecule has 4 aromatic rings. The van der Waals surface area contributed by atoms with Crippen LogP contribution in [0.1, 0.15) is 5.76 Å². The second-order valence-electron chi connectivity index (χ2n) is 6.21. The molecule has 2 heterocycles. The molecule has 0 unspecified atom stereocenters. The Morgan fingerprint density at radius 1 is 1.10 bits per heavy atom. The van der Waals surface area contributed by atoms with Crippen LogP contribution in [-0.4, -0.2) is 10.9 Å². The van der Waals surface area contributed by atoms with Gasteiger partial charge in [0.15, 0.2) is 0 Å². The molecule has 1 amide bonds. The van der Waals surface area contributed by atoms with Crippen molar-refractivity contribution >= 4 is 40.2 Å². The van der Waals surface area contributed by atoms with E-state index in [1.54, 1.807) is 48.7 Å². The predicted molar refractivity (Wildman–Crippen MR) is 113 cm³/mol. The Labute approximate surface area is 171 Å². The number of anilines is 1. The number of benzene rings is 2. The minimum atomic E-state index is -0.524. The van der Waals surface area contributed by atoms with Crippen molar-refractivity contribution in [2.75, 3.05) is 5.32 Å². The number of nitrogens with one attached hydrogen (secondary N) is 1. The normalized spacial score (nSPS) is 11.2. The van der Waals surface area contributed by atoms with Gasteiger partial charge in [-0.25, -0.2) is 0 Å². The van der Waals surface area contributed by atoms with Gasteiger partial charge < -0.3 is 9.73 Å². The zero-order valence-corrected chi connectivity index (χ0v) is 15.9. The van der Waals surface area contributed by atoms with Crippen LogP contribution in [0, 0.1) is 11.3 Å². The number of halogens is 1. The van der Waals surface area contributed by atoms with Crippen LogP contribution in [0.5, 0.6) is 0 Å². The third-order valence-electron chi connectivity index (χ3n) is 4.28. The predicted octanol–water partition coefficient (Wildman–Crippen LogP) is 5.69. The van der Waals surface area contributed by atoms with E-state index in [1.807, 2.05) is 30.3 Å². The van der Waals surface area contributed by atoms with Crippen molar-refractivity contribution < 1.29 is 9.21 Å². The Balaban J connectivity index is 1.59. The van der Waals surface area contributed by atoms with E-state index in [0.29, 0.717) is 22.2 Å². The van der Waals surface area contributed by atoms with E-state index in [-0.39, 0.29) is 5.57 Å². The van der Waals surface area contributed by atoms with Crippen molar-refractivity contribution in [1.29, 1.82) is 5.26 Å². The van der Waals surface area contributed by atoms with Crippen LogP contribution in [0.25, 0.3) is 28.3 Å². The van der Waals surface area contributed by atoms with E-state index in [1.165, 1.54) is 6.08 Å². The zero-order chi connectivity index (χ0) is 20.2. The van der Waals surface area contributed by atoms with Gasteiger partial charge in [0.2, 0.25) is 0 Å². The fourth-order valence-corrected chi connectivity index (χ4v) is 3.11. The molecular weight excluding hydrogens is 386 g/mol. The number of aromatic nitrogens is 1. The lowest BCUT2D eigenvalue weighted by Gasteiger charge is -2.07. The van der Waals surface area contributed by atoms with E-state index < -0.39 is 5.91 Å². The van der Waals surface area contributed by atoms with Gasteiger partial charge >= 0.3 is 0 Å². The van der Waals surface area contributed by atoms with Gasteiger partial charge in [0.1, 0.15) is 23.2 Å². The van der Waals surface area contributed by atoms with Gasteiger partial charge in [-0.05, 0) is 48.5 Å². The van der Waals surface area contributed by atoms with Gasteiger partial charge in [-0.1, -0.05) is 29.8 Å². The Hall–Kier alpha value is -3.88. The van der Waals surface area contributed by atoms with Gasteiger partial charge in [-0.15, -0.1) is 0 Å². The second-order valence-corrected chi connectivity index (χ2v) is 6.65. The fourth-order valence-electron chi connectivity index (χ4n) is 2.92. The minimum absolute atomic E-state index is 0.0714. The van der Waals surface area contributed by atoms with Crippen LogP contribution in [0.3, 0.4) is 0 Å². The van der Waals surface area contributed by atoms with Crippen LogP contribution in [0.4, 0.5) is 5.69 Å². The average Bonchev–Trinajstić information content (AvgIpc) is 3.21. The number of nitrogens with zero attached hydrogens (tertiary/aromatic N) is 2. The summed E-state index contributed by atoms with van der Waals surface area (Å²) in [5.74, 6) is 0.465. The number of carbonyl (C=O) groups is 1. The molecule has 2 aromatic heterocycles. The first-order valence-corrected chi connectivity index (χ1v) is 9.14. The van der Waals surface area contributed by atoms with E-state index in [2.05, 4.69) is 10.3 Å². The number of pyridine rings is 1. The van der Waals surface area contributed by atoms with E-state index >= 15 is 0 Å². The lowest BCUT2D eigenvalue weighted by Crippen LogP contribution is -2.13. The van der Waals surface area contributed by atoms with E-state index in [4.69, 9.17) is 16.0 Å². The van der Waals surface area contributed by atoms with Crippen LogP contribution in [0.2, 0.25) is 5.02 Å². The number of hydrogen-bond acceptors (Lipinski definition) is 4. The highest BCUT2D eigenvalue weighted by molar-refractivity contribution is 6.30. The van der Waals surface area contributed by atoms with Crippen LogP contribution in [-0.2, 0) is 4.79 Å². The molecule has 0 aliphatic carbocycles. The molecule has 5 nitrogen and oxygen atoms in total. The largest absolute Gasteiger partial charge is 0.457 e. The maximum absolute atomic E-state index is 12.6. The summed E-state index contributed by atoms with van der Waals surface area (Å²) in [5.41, 5.74) is 2.08. The van der Waals surface area contributed by atoms with Gasteiger partial charge in [-0.2, -0.15) is 5.26 Å². The monoisotopic (exact) mass is 399 g/mol. The summed E-state index contributed by atoms with van der Waals surface area (Å²) in [6, 6.07) is 21.7. The van der Waals surface area contributed by atoms with Crippen molar-refractivity contribution in [3.05, 3.63) is 89.3 Å². The number of furan rings is 1. The standard InChI is InChI=1S/C23H14ClN3O2/c24-17-5-1-4-15(12-17)22-10-9-18(29-22)13-16(14-25)23(28)27-21-8-2-7-20-19(21)6-3-11-26-20/h1-13H,(H,27,28)/b16-13+. The molecule has 140 valence electrons. The van der Waals surface area contributed by atoms with Gasteiger partial charge in [0, 0.05) is 28.2 Å². The van der Waals surface area contributed by atoms with Crippen LogP contribution in [0.15, 0.2) is 82.9 Å². The molecule has 0 saturated heterocycles. The summed E-state index contributed by atoms with van der Waals surface area (Å²) < 4.78 is 5.75. The summed E-state index contributed by atoms with van der Waals surface area (Å²) in [5, 5.41) is 13.6. The summed E-state index contributed by atoms with van der Waals surface area (Å²) in [6.07, 6.45) is 3.09. The van der Waals surface area contributed by atoms with Gasteiger partial charge in [0.25, 0.3) is 5.91 Å². The highest BCUT2D eigenvalue weighted by atomic mass is 35.5. The number of rotatable bonds is 4. The molecule has 2 aromatic carbocycles. The Morgan fingerprint density at radius 2 is 1.97 bits per heavy atom. The van der Waals surface area contributed by atoms with Crippen molar-refractivity contribution in [2.45, 2.75) is 0 Å². The topological polar surface area (TPSA) is 78.9 Å². The van der Waals surface area contributed by atoms with Crippen molar-refractivity contribution in [3.63, 3.8) is 0 Å². The quantitative estimate of drug-likeness (QED) is 0.353. The second kappa shape index (κ2) is 8.01. The minimum Gasteiger partial charge on any atom is -0.457 e. The third kappa shape index (κ3) is 4.03. The summed E-state index contributed by atoms with van der Waals surface area (Å²) >= 11 is 6.01. The molecule has 0 radical (unpaired) electrons. The van der Waals surface area contributed by atoms with Crippen LogP contribution >= 0.6 is 11.6 Å². The fraction of sp³-hybridized carbons (Fsp3) is 0. The van der Waals surface area contributed by atoms with Crippen molar-refractivity contribution in [3.8, 4) is 17.4 Å². The zero-order valence-electron chi connectivity index (χ0n) is 15.1. The van der Waals surface area contributed by atoms with E-state index in [9.17, 15) is 10.1 Å². The Morgan fingerprint density at radius 3 is 2.79 bits per heavy atom. The van der Waals surface area contributed by atoms with Gasteiger partial charge in [0.05, 0.1) is 11.2 Å². The van der Waals surface area contributed by atoms with Gasteiger partial charge in [-0.3, -0.25) is 9.78 Å². The molecule has 0 atom stereocenters. The number of nitriles is 1. The first kappa shape index (κ1) is 18.5. The maximum Gasteiger partial charge on any atom is 0.266 e. The smallest absolute Gasteiger partial charge is 0.266 e. The molecule has 4 rings (SSSR count). The van der Waals surface area contributed by atoms with Crippen molar-refractivity contribution in [1.82, 2.24) is 4.98 Å². The lowest BCUT2D eigenvalue weighted by atomic mass is 10.1. The Kier molecular flexibility index (Phi) is 5.10. The highest BCUT2D eigenvalue weighted by Crippen LogP contribution is 2.26. The molecule has 0 saturated carbocycles. The number of fused-ring (bicyclic) bond motifs is 1. The summed E-state index contributed by atoms with van der Waals surface area (Å²) in [4.78, 5) is 16.9. The molecule has 6 heteroatoms. The molecule has 1 N–H and O–H groups in total. The summed E-state index contributed by atoms with van der Waals surface area (Å²) in [7, 11) is 0. The molecular formula is C23H14ClN3O2. The lowest BCUT2D eigenvalue weighted by molar-refractivity contribution is -0.112. The number of amides is 1. The SMILES string of the molecule is N#C/C(=C\c1ccc(-c2cccc(Cl)c2)o1)C(=O)Nc1cccc2ncccc12. The molecule has 0 bridgehead atoms. The van der Waals surface area contributed by atoms with E-state index in [0.717, 1.165) is 16.5 Å². The highest BCUT2D eigenvalue weighted by Gasteiger charge is 2.13. The molecule has 0 aliphatic heterocycles. The molecule has 0 spiro atoms. The average molecular weight is 400 g/mol. The molecule has 0 aliphatic rings. The first-order chi connectivity index (χ1) is 14.1. The van der Waals surface area contributed by atoms with Crippen molar-refractivity contribution in [2.24, 2.45) is 0 Å². The van der Waals surface area contributed by atoms with Crippen LogP contribution < -0.4 is 5.32 Å². The molecule has 29 heavy (non-hydrogen) atoms. The maximum atomic E-state index is 12.6. The number of carbonyl (C=O) groups excluding carboxylic acids is 1. The number of hydrogen-bond donors (Lipinski definition) is 1. The Bertz CT molecular complexity index is 1280. The third-order valence-corrected chi connectivity index (χ3v) is 4.52.